The molecule has 1 amide bonds. The van der Waals surface area contributed by atoms with Crippen molar-refractivity contribution in [3.63, 3.8) is 0 Å². The molecule has 1 fully saturated rings. The highest BCUT2D eigenvalue weighted by atomic mass is 16.2. The van der Waals surface area contributed by atoms with Crippen LogP contribution in [-0.2, 0) is 17.9 Å². The highest BCUT2D eigenvalue weighted by Crippen LogP contribution is 2.29. The number of benzene rings is 2. The van der Waals surface area contributed by atoms with Crippen LogP contribution in [0.5, 0.6) is 0 Å². The fourth-order valence-corrected chi connectivity index (χ4v) is 4.70. The summed E-state index contributed by atoms with van der Waals surface area (Å²) in [5.41, 5.74) is 6.50. The van der Waals surface area contributed by atoms with Crippen molar-refractivity contribution >= 4 is 16.9 Å². The third-order valence-corrected chi connectivity index (χ3v) is 6.39. The summed E-state index contributed by atoms with van der Waals surface area (Å²) < 4.78 is 1.76. The van der Waals surface area contributed by atoms with Gasteiger partial charge in [0, 0.05) is 44.3 Å². The first-order valence-corrected chi connectivity index (χ1v) is 11.5. The van der Waals surface area contributed by atoms with Crippen molar-refractivity contribution in [3.8, 4) is 11.1 Å². The molecule has 6 nitrogen and oxygen atoms in total. The zero-order valence-corrected chi connectivity index (χ0v) is 19.2. The summed E-state index contributed by atoms with van der Waals surface area (Å²) in [5, 5.41) is 5.70. The summed E-state index contributed by atoms with van der Waals surface area (Å²) in [6, 6.07) is 20.9. The van der Waals surface area contributed by atoms with Gasteiger partial charge in [-0.2, -0.15) is 5.10 Å². The molecule has 2 aromatic heterocycles. The topological polar surface area (TPSA) is 54.3 Å². The maximum atomic E-state index is 13.1. The van der Waals surface area contributed by atoms with Crippen molar-refractivity contribution in [2.24, 2.45) is 0 Å². The minimum atomic E-state index is 0.0986. The Morgan fingerprint density at radius 3 is 2.48 bits per heavy atom. The standard InChI is InChI=1S/C27H29N5O/c1-20-7-6-8-22(17-20)18-30-13-15-31(16-14-30)25(33)19-32-27-26(21(2)29-32)24(11-12-28-27)23-9-4-3-5-10-23/h3-12,17H,13-16,18-19H2,1-2H3. The number of fused-ring (bicyclic) bond motifs is 1. The Morgan fingerprint density at radius 2 is 1.73 bits per heavy atom. The van der Waals surface area contributed by atoms with Crippen LogP contribution in [0.4, 0.5) is 0 Å². The van der Waals surface area contributed by atoms with Crippen LogP contribution in [-0.4, -0.2) is 56.7 Å². The monoisotopic (exact) mass is 439 g/mol. The molecule has 4 aromatic rings. The van der Waals surface area contributed by atoms with E-state index in [1.54, 1.807) is 10.9 Å². The van der Waals surface area contributed by atoms with Crippen molar-refractivity contribution in [1.29, 1.82) is 0 Å². The first-order chi connectivity index (χ1) is 16.1. The normalized spacial score (nSPS) is 14.7. The summed E-state index contributed by atoms with van der Waals surface area (Å²) in [4.78, 5) is 22.0. The van der Waals surface area contributed by atoms with Crippen molar-refractivity contribution in [2.75, 3.05) is 26.2 Å². The summed E-state index contributed by atoms with van der Waals surface area (Å²) in [6.07, 6.45) is 1.80. The summed E-state index contributed by atoms with van der Waals surface area (Å²) in [5.74, 6) is 0.0986. The first-order valence-electron chi connectivity index (χ1n) is 11.5. The lowest BCUT2D eigenvalue weighted by Gasteiger charge is -2.34. The fraction of sp³-hybridized carbons (Fsp3) is 0.296. The van der Waals surface area contributed by atoms with Crippen molar-refractivity contribution < 1.29 is 4.79 Å². The fourth-order valence-electron chi connectivity index (χ4n) is 4.70. The van der Waals surface area contributed by atoms with Crippen LogP contribution in [0, 0.1) is 13.8 Å². The second kappa shape index (κ2) is 9.16. The number of rotatable bonds is 5. The Hall–Kier alpha value is -3.51. The molecule has 0 spiro atoms. The molecule has 0 aliphatic carbocycles. The SMILES string of the molecule is Cc1cccc(CN2CCN(C(=O)Cn3nc(C)c4c(-c5ccccc5)ccnc43)CC2)c1. The van der Waals surface area contributed by atoms with Gasteiger partial charge in [0.1, 0.15) is 6.54 Å². The largest absolute Gasteiger partial charge is 0.339 e. The molecule has 33 heavy (non-hydrogen) atoms. The third kappa shape index (κ3) is 4.52. The second-order valence-electron chi connectivity index (χ2n) is 8.81. The minimum Gasteiger partial charge on any atom is -0.339 e. The molecule has 0 atom stereocenters. The Labute approximate surface area is 194 Å². The lowest BCUT2D eigenvalue weighted by Crippen LogP contribution is -2.49. The zero-order chi connectivity index (χ0) is 22.8. The average molecular weight is 440 g/mol. The molecule has 1 saturated heterocycles. The number of carbonyl (C=O) groups is 1. The molecule has 6 heteroatoms. The van der Waals surface area contributed by atoms with Crippen molar-refractivity contribution in [1.82, 2.24) is 24.6 Å². The third-order valence-electron chi connectivity index (χ3n) is 6.39. The zero-order valence-electron chi connectivity index (χ0n) is 19.2. The van der Waals surface area contributed by atoms with Crippen LogP contribution in [0.1, 0.15) is 16.8 Å². The van der Waals surface area contributed by atoms with E-state index in [1.165, 1.54) is 11.1 Å². The van der Waals surface area contributed by atoms with Crippen LogP contribution < -0.4 is 0 Å². The minimum absolute atomic E-state index is 0.0986. The molecule has 0 saturated carbocycles. The van der Waals surface area contributed by atoms with Gasteiger partial charge in [-0.15, -0.1) is 0 Å². The molecule has 168 valence electrons. The van der Waals surface area contributed by atoms with Gasteiger partial charge in [0.05, 0.1) is 5.69 Å². The predicted molar refractivity (Wildman–Crippen MR) is 131 cm³/mol. The van der Waals surface area contributed by atoms with Gasteiger partial charge in [0.15, 0.2) is 5.65 Å². The highest BCUT2D eigenvalue weighted by Gasteiger charge is 2.23. The maximum absolute atomic E-state index is 13.1. The lowest BCUT2D eigenvalue weighted by atomic mass is 10.0. The van der Waals surface area contributed by atoms with E-state index in [2.05, 4.69) is 58.3 Å². The molecular formula is C27H29N5O. The van der Waals surface area contributed by atoms with Crippen molar-refractivity contribution in [3.05, 3.63) is 83.7 Å². The van der Waals surface area contributed by atoms with Crippen molar-refractivity contribution in [2.45, 2.75) is 26.9 Å². The van der Waals surface area contributed by atoms with Gasteiger partial charge in [-0.1, -0.05) is 60.2 Å². The molecule has 1 aliphatic heterocycles. The predicted octanol–water partition coefficient (Wildman–Crippen LogP) is 4.06. The Kier molecular flexibility index (Phi) is 5.92. The van der Waals surface area contributed by atoms with Crippen LogP contribution in [0.15, 0.2) is 66.9 Å². The molecule has 0 unspecified atom stereocenters. The summed E-state index contributed by atoms with van der Waals surface area (Å²) >= 11 is 0. The van der Waals surface area contributed by atoms with Gasteiger partial charge in [-0.05, 0) is 36.6 Å². The molecule has 5 rings (SSSR count). The van der Waals surface area contributed by atoms with E-state index in [0.717, 1.165) is 60.6 Å². The molecule has 3 heterocycles. The van der Waals surface area contributed by atoms with Crippen LogP contribution >= 0.6 is 0 Å². The number of hydrogen-bond acceptors (Lipinski definition) is 4. The van der Waals surface area contributed by atoms with E-state index in [0.29, 0.717) is 0 Å². The maximum Gasteiger partial charge on any atom is 0.244 e. The molecule has 1 aliphatic rings. The molecule has 2 aromatic carbocycles. The van der Waals surface area contributed by atoms with Gasteiger partial charge < -0.3 is 4.90 Å². The van der Waals surface area contributed by atoms with Gasteiger partial charge in [-0.3, -0.25) is 9.69 Å². The van der Waals surface area contributed by atoms with Gasteiger partial charge in [0.25, 0.3) is 0 Å². The van der Waals surface area contributed by atoms with Crippen LogP contribution in [0.3, 0.4) is 0 Å². The lowest BCUT2D eigenvalue weighted by molar-refractivity contribution is -0.133. The van der Waals surface area contributed by atoms with Gasteiger partial charge >= 0.3 is 0 Å². The number of carbonyl (C=O) groups excluding carboxylic acids is 1. The number of hydrogen-bond donors (Lipinski definition) is 0. The second-order valence-corrected chi connectivity index (χ2v) is 8.81. The molecule has 0 radical (unpaired) electrons. The number of amides is 1. The van der Waals surface area contributed by atoms with E-state index in [1.807, 2.05) is 36.1 Å². The quantitative estimate of drug-likeness (QED) is 0.471. The van der Waals surface area contributed by atoms with Gasteiger partial charge in [0.2, 0.25) is 5.91 Å². The van der Waals surface area contributed by atoms with Crippen LogP contribution in [0.25, 0.3) is 22.2 Å². The number of nitrogens with zero attached hydrogens (tertiary/aromatic N) is 5. The highest BCUT2D eigenvalue weighted by molar-refractivity contribution is 5.95. The smallest absolute Gasteiger partial charge is 0.244 e. The van der Waals surface area contributed by atoms with E-state index in [9.17, 15) is 4.79 Å². The summed E-state index contributed by atoms with van der Waals surface area (Å²) in [7, 11) is 0. The van der Waals surface area contributed by atoms with E-state index in [-0.39, 0.29) is 12.5 Å². The Balaban J connectivity index is 1.27. The van der Waals surface area contributed by atoms with E-state index >= 15 is 0 Å². The number of pyridine rings is 1. The van der Waals surface area contributed by atoms with Gasteiger partial charge in [-0.25, -0.2) is 9.67 Å². The molecular weight excluding hydrogens is 410 g/mol. The number of aromatic nitrogens is 3. The number of aryl methyl sites for hydroxylation is 2. The Morgan fingerprint density at radius 1 is 0.939 bits per heavy atom. The molecule has 0 N–H and O–H groups in total. The first kappa shape index (κ1) is 21.3. The summed E-state index contributed by atoms with van der Waals surface area (Å²) in [6.45, 7) is 8.51. The average Bonchev–Trinajstić information content (AvgIpc) is 3.15. The van der Waals surface area contributed by atoms with E-state index < -0.39 is 0 Å². The number of piperazine rings is 1. The van der Waals surface area contributed by atoms with E-state index in [4.69, 9.17) is 0 Å². The van der Waals surface area contributed by atoms with Crippen LogP contribution in [0.2, 0.25) is 0 Å². The Bertz CT molecular complexity index is 1270. The molecule has 0 bridgehead atoms.